The first-order valence-electron chi connectivity index (χ1n) is 5.83. The lowest BCUT2D eigenvalue weighted by Crippen LogP contribution is -1.86. The van der Waals surface area contributed by atoms with E-state index in [1.807, 2.05) is 0 Å². The lowest BCUT2D eigenvalue weighted by molar-refractivity contribution is 0.834. The average Bonchev–Trinajstić information content (AvgIpc) is 2.20. The normalized spacial score (nSPS) is 11.7. The van der Waals surface area contributed by atoms with Crippen LogP contribution in [-0.2, 0) is 0 Å². The van der Waals surface area contributed by atoms with Crippen LogP contribution < -0.4 is 0 Å². The van der Waals surface area contributed by atoms with Crippen LogP contribution in [0.1, 0.15) is 59.8 Å². The van der Waals surface area contributed by atoms with E-state index in [4.69, 9.17) is 0 Å². The van der Waals surface area contributed by atoms with Crippen LogP contribution in [0.15, 0.2) is 29.0 Å². The molecule has 0 aromatic rings. The van der Waals surface area contributed by atoms with Crippen LogP contribution in [0.3, 0.4) is 0 Å². The molecule has 0 spiro atoms. The summed E-state index contributed by atoms with van der Waals surface area (Å²) < 4.78 is 0. The predicted octanol–water partition coefficient (Wildman–Crippen LogP) is 5.02. The topological polar surface area (TPSA) is 0 Å². The van der Waals surface area contributed by atoms with Gasteiger partial charge in [-0.3, -0.25) is 0 Å². The second-order valence-electron chi connectivity index (χ2n) is 3.67. The Morgan fingerprint density at radius 3 is 2.36 bits per heavy atom. The molecular weight excluding hydrogens is 168 g/mol. The van der Waals surface area contributed by atoms with Gasteiger partial charge in [0.2, 0.25) is 0 Å². The van der Waals surface area contributed by atoms with Crippen LogP contribution in [0.2, 0.25) is 0 Å². The summed E-state index contributed by atoms with van der Waals surface area (Å²) in [7, 11) is 0. The van der Waals surface area contributed by atoms with E-state index in [1.165, 1.54) is 24.8 Å². The lowest BCUT2D eigenvalue weighted by atomic mass is 10.00. The highest BCUT2D eigenvalue weighted by Crippen LogP contribution is 2.17. The van der Waals surface area contributed by atoms with Gasteiger partial charge < -0.3 is 0 Å². The Labute approximate surface area is 89.4 Å². The van der Waals surface area contributed by atoms with Crippen LogP contribution in [0, 0.1) is 0 Å². The minimum atomic E-state index is 1.07. The minimum absolute atomic E-state index is 1.07. The molecule has 0 N–H and O–H groups in total. The molecule has 80 valence electrons. The van der Waals surface area contributed by atoms with Crippen molar-refractivity contribution in [3.8, 4) is 0 Å². The number of hydrogen-bond donors (Lipinski definition) is 0. The maximum absolute atomic E-state index is 3.20. The third-order valence-electron chi connectivity index (χ3n) is 2.43. The maximum atomic E-state index is 3.20. The molecule has 14 heavy (non-hydrogen) atoms. The molecule has 0 aliphatic rings. The van der Waals surface area contributed by atoms with Gasteiger partial charge in [0.1, 0.15) is 0 Å². The van der Waals surface area contributed by atoms with E-state index in [1.54, 1.807) is 5.57 Å². The van der Waals surface area contributed by atoms with Crippen molar-refractivity contribution in [1.29, 1.82) is 0 Å². The Bertz CT molecular complexity index is 224. The summed E-state index contributed by atoms with van der Waals surface area (Å²) in [6, 6.07) is 0. The third kappa shape index (κ3) is 5.83. The van der Waals surface area contributed by atoms with E-state index in [0.717, 1.165) is 12.8 Å². The van der Waals surface area contributed by atoms with Gasteiger partial charge in [-0.05, 0) is 44.8 Å². The van der Waals surface area contributed by atoms with Gasteiger partial charge in [0, 0.05) is 0 Å². The standard InChI is InChI=1S/C14H24/c1-5-8-9-10-12-13(4)14(7-3)11-6-2/h8,10H,5-7,11-12H2,1-4H3. The highest BCUT2D eigenvalue weighted by atomic mass is 14.0. The Morgan fingerprint density at radius 1 is 1.14 bits per heavy atom. The number of hydrogen-bond acceptors (Lipinski definition) is 0. The van der Waals surface area contributed by atoms with E-state index in [9.17, 15) is 0 Å². The Balaban J connectivity index is 4.25. The van der Waals surface area contributed by atoms with Crippen molar-refractivity contribution in [3.05, 3.63) is 29.0 Å². The molecule has 0 saturated heterocycles. The molecule has 0 saturated carbocycles. The SMILES string of the molecule is CCC=C=CCC(C)=C(CC)CCC. The Hall–Kier alpha value is -0.740. The summed E-state index contributed by atoms with van der Waals surface area (Å²) >= 11 is 0. The van der Waals surface area contributed by atoms with Crippen LogP contribution in [0.5, 0.6) is 0 Å². The Kier molecular flexibility index (Phi) is 8.37. The molecule has 0 bridgehead atoms. The van der Waals surface area contributed by atoms with Gasteiger partial charge in [-0.1, -0.05) is 38.3 Å². The first-order valence-corrected chi connectivity index (χ1v) is 5.83. The maximum Gasteiger partial charge on any atom is -0.00628 e. The fourth-order valence-corrected chi connectivity index (χ4v) is 1.55. The van der Waals surface area contributed by atoms with Crippen molar-refractivity contribution >= 4 is 0 Å². The van der Waals surface area contributed by atoms with Crippen LogP contribution >= 0.6 is 0 Å². The minimum Gasteiger partial charge on any atom is -0.129 e. The molecule has 0 rings (SSSR count). The fraction of sp³-hybridized carbons (Fsp3) is 0.643. The van der Waals surface area contributed by atoms with Crippen molar-refractivity contribution < 1.29 is 0 Å². The molecule has 0 nitrogen and oxygen atoms in total. The molecule has 0 amide bonds. The van der Waals surface area contributed by atoms with Gasteiger partial charge in [-0.25, -0.2) is 0 Å². The highest BCUT2D eigenvalue weighted by Gasteiger charge is 1.97. The van der Waals surface area contributed by atoms with Gasteiger partial charge >= 0.3 is 0 Å². The summed E-state index contributed by atoms with van der Waals surface area (Å²) in [6.07, 6.45) is 10.1. The van der Waals surface area contributed by atoms with E-state index < -0.39 is 0 Å². The molecule has 0 unspecified atom stereocenters. The molecular formula is C14H24. The highest BCUT2D eigenvalue weighted by molar-refractivity contribution is 5.14. The molecule has 0 fully saturated rings. The molecule has 0 aromatic heterocycles. The van der Waals surface area contributed by atoms with Gasteiger partial charge in [-0.15, -0.1) is 5.73 Å². The second kappa shape index (κ2) is 8.84. The molecule has 0 aliphatic heterocycles. The van der Waals surface area contributed by atoms with E-state index in [2.05, 4.69) is 45.6 Å². The molecule has 0 aliphatic carbocycles. The smallest absolute Gasteiger partial charge is 0.00628 e. The van der Waals surface area contributed by atoms with E-state index in [-0.39, 0.29) is 0 Å². The van der Waals surface area contributed by atoms with Crippen molar-refractivity contribution in [2.45, 2.75) is 59.8 Å². The van der Waals surface area contributed by atoms with Crippen LogP contribution in [0.4, 0.5) is 0 Å². The van der Waals surface area contributed by atoms with Gasteiger partial charge in [-0.2, -0.15) is 0 Å². The molecule has 0 heteroatoms. The molecule has 0 radical (unpaired) electrons. The summed E-state index contributed by atoms with van der Waals surface area (Å²) in [5, 5.41) is 0. The summed E-state index contributed by atoms with van der Waals surface area (Å²) in [6.45, 7) is 8.88. The molecule has 0 atom stereocenters. The van der Waals surface area contributed by atoms with Crippen molar-refractivity contribution in [2.75, 3.05) is 0 Å². The zero-order chi connectivity index (χ0) is 10.8. The second-order valence-corrected chi connectivity index (χ2v) is 3.67. The molecule has 0 heterocycles. The first-order chi connectivity index (χ1) is 6.76. The van der Waals surface area contributed by atoms with Crippen LogP contribution in [-0.4, -0.2) is 0 Å². The van der Waals surface area contributed by atoms with Gasteiger partial charge in [0.15, 0.2) is 0 Å². The monoisotopic (exact) mass is 192 g/mol. The van der Waals surface area contributed by atoms with E-state index >= 15 is 0 Å². The summed E-state index contributed by atoms with van der Waals surface area (Å²) in [5.74, 6) is 0. The number of allylic oxidation sites excluding steroid dienone is 3. The zero-order valence-electron chi connectivity index (χ0n) is 10.2. The van der Waals surface area contributed by atoms with E-state index in [0.29, 0.717) is 0 Å². The number of rotatable bonds is 6. The van der Waals surface area contributed by atoms with Crippen LogP contribution in [0.25, 0.3) is 0 Å². The van der Waals surface area contributed by atoms with Crippen molar-refractivity contribution in [1.82, 2.24) is 0 Å². The zero-order valence-corrected chi connectivity index (χ0v) is 10.2. The van der Waals surface area contributed by atoms with Gasteiger partial charge in [0.05, 0.1) is 0 Å². The fourth-order valence-electron chi connectivity index (χ4n) is 1.55. The average molecular weight is 192 g/mol. The van der Waals surface area contributed by atoms with Crippen molar-refractivity contribution in [2.24, 2.45) is 0 Å². The summed E-state index contributed by atoms with van der Waals surface area (Å²) in [4.78, 5) is 0. The van der Waals surface area contributed by atoms with Crippen molar-refractivity contribution in [3.63, 3.8) is 0 Å². The first kappa shape index (κ1) is 13.3. The van der Waals surface area contributed by atoms with Gasteiger partial charge in [0.25, 0.3) is 0 Å². The lowest BCUT2D eigenvalue weighted by Gasteiger charge is -2.06. The quantitative estimate of drug-likeness (QED) is 0.409. The Morgan fingerprint density at radius 2 is 1.86 bits per heavy atom. The summed E-state index contributed by atoms with van der Waals surface area (Å²) in [5.41, 5.74) is 6.36. The predicted molar refractivity (Wildman–Crippen MR) is 65.5 cm³/mol. The largest absolute Gasteiger partial charge is 0.129 e. The third-order valence-corrected chi connectivity index (χ3v) is 2.43. The molecule has 0 aromatic carbocycles.